The van der Waals surface area contributed by atoms with Gasteiger partial charge >= 0.3 is 0 Å². The molecule has 0 aliphatic carbocycles. The van der Waals surface area contributed by atoms with Gasteiger partial charge in [-0.05, 0) is 13.8 Å². The zero-order valence-electron chi connectivity index (χ0n) is 9.85. The van der Waals surface area contributed by atoms with E-state index in [1.807, 2.05) is 6.20 Å². The van der Waals surface area contributed by atoms with Gasteiger partial charge in [0.2, 0.25) is 5.95 Å². The van der Waals surface area contributed by atoms with Crippen molar-refractivity contribution in [1.82, 2.24) is 9.55 Å². The van der Waals surface area contributed by atoms with Crippen LogP contribution >= 0.6 is 23.5 Å². The molecule has 0 aromatic carbocycles. The van der Waals surface area contributed by atoms with Gasteiger partial charge in [0.1, 0.15) is 0 Å². The molecular weight excluding hydrogens is 238 g/mol. The van der Waals surface area contributed by atoms with E-state index in [2.05, 4.69) is 58.4 Å². The summed E-state index contributed by atoms with van der Waals surface area (Å²) in [4.78, 5) is 4.36. The molecule has 0 saturated carbocycles. The molecule has 1 atom stereocenters. The Hall–Kier alpha value is -0.290. The Kier molecular flexibility index (Phi) is 4.46. The van der Waals surface area contributed by atoms with Crippen molar-refractivity contribution < 1.29 is 0 Å². The van der Waals surface area contributed by atoms with Crippen molar-refractivity contribution in [1.29, 1.82) is 0 Å². The van der Waals surface area contributed by atoms with Crippen LogP contribution in [0.5, 0.6) is 0 Å². The van der Waals surface area contributed by atoms with E-state index in [4.69, 9.17) is 0 Å². The van der Waals surface area contributed by atoms with Crippen molar-refractivity contribution in [3.05, 3.63) is 12.4 Å². The molecule has 2 heterocycles. The van der Waals surface area contributed by atoms with Crippen molar-refractivity contribution in [2.45, 2.75) is 31.7 Å². The number of hydrogen-bond acceptors (Lipinski definition) is 4. The molecule has 5 heteroatoms. The fourth-order valence-corrected chi connectivity index (χ4v) is 4.38. The van der Waals surface area contributed by atoms with Gasteiger partial charge in [0.15, 0.2) is 0 Å². The second kappa shape index (κ2) is 5.87. The van der Waals surface area contributed by atoms with Crippen molar-refractivity contribution in [2.75, 3.05) is 22.6 Å². The first kappa shape index (κ1) is 12.2. The summed E-state index contributed by atoms with van der Waals surface area (Å²) in [6.07, 6.45) is 3.95. The molecule has 1 aliphatic heterocycles. The summed E-state index contributed by atoms with van der Waals surface area (Å²) in [6.45, 7) is 5.36. The average Bonchev–Trinajstić information content (AvgIpc) is 2.66. The van der Waals surface area contributed by atoms with Gasteiger partial charge in [-0.15, -0.1) is 0 Å². The summed E-state index contributed by atoms with van der Waals surface area (Å²) in [5, 5.41) is 4.12. The maximum absolute atomic E-state index is 4.36. The van der Waals surface area contributed by atoms with Crippen molar-refractivity contribution >= 4 is 29.5 Å². The van der Waals surface area contributed by atoms with E-state index >= 15 is 0 Å². The lowest BCUT2D eigenvalue weighted by atomic mass is 10.4. The molecule has 1 aromatic heterocycles. The normalized spacial score (nSPS) is 21.3. The van der Waals surface area contributed by atoms with Crippen LogP contribution in [0.3, 0.4) is 0 Å². The van der Waals surface area contributed by atoms with Gasteiger partial charge < -0.3 is 9.88 Å². The lowest BCUT2D eigenvalue weighted by molar-refractivity contribution is 0.690. The van der Waals surface area contributed by atoms with E-state index in [-0.39, 0.29) is 0 Å². The minimum Gasteiger partial charge on any atom is -0.353 e. The van der Waals surface area contributed by atoms with Crippen LogP contribution in [-0.2, 0) is 6.54 Å². The summed E-state index contributed by atoms with van der Waals surface area (Å²) in [5.74, 6) is 4.87. The Morgan fingerprint density at radius 2 is 2.44 bits per heavy atom. The number of nitrogens with zero attached hydrogens (tertiary/aromatic N) is 2. The zero-order valence-corrected chi connectivity index (χ0v) is 11.5. The first-order chi connectivity index (χ1) is 7.75. The van der Waals surface area contributed by atoms with Crippen LogP contribution in [0.25, 0.3) is 0 Å². The van der Waals surface area contributed by atoms with Crippen LogP contribution in [0.2, 0.25) is 0 Å². The molecule has 0 spiro atoms. The molecule has 0 bridgehead atoms. The number of anilines is 1. The Morgan fingerprint density at radius 1 is 1.56 bits per heavy atom. The molecule has 16 heavy (non-hydrogen) atoms. The van der Waals surface area contributed by atoms with Crippen molar-refractivity contribution in [2.24, 2.45) is 0 Å². The van der Waals surface area contributed by atoms with Crippen LogP contribution < -0.4 is 5.32 Å². The van der Waals surface area contributed by atoms with Gasteiger partial charge in [-0.3, -0.25) is 0 Å². The van der Waals surface area contributed by atoms with Gasteiger partial charge in [0, 0.05) is 47.5 Å². The fraction of sp³-hybridized carbons (Fsp3) is 0.727. The molecular formula is C11H19N3S2. The van der Waals surface area contributed by atoms with Crippen molar-refractivity contribution in [3.63, 3.8) is 0 Å². The highest BCUT2D eigenvalue weighted by Gasteiger charge is 2.16. The predicted molar refractivity (Wildman–Crippen MR) is 74.6 cm³/mol. The number of aromatic nitrogens is 2. The minimum atomic E-state index is 0.439. The fourth-order valence-electron chi connectivity index (χ4n) is 1.72. The monoisotopic (exact) mass is 257 g/mol. The molecule has 1 unspecified atom stereocenters. The lowest BCUT2D eigenvalue weighted by Gasteiger charge is -2.22. The molecule has 1 fully saturated rings. The van der Waals surface area contributed by atoms with E-state index in [0.29, 0.717) is 6.04 Å². The lowest BCUT2D eigenvalue weighted by Crippen LogP contribution is -2.22. The van der Waals surface area contributed by atoms with E-state index < -0.39 is 0 Å². The molecule has 0 amide bonds. The minimum absolute atomic E-state index is 0.439. The van der Waals surface area contributed by atoms with E-state index in [0.717, 1.165) is 17.7 Å². The Labute approximate surface area is 106 Å². The number of imidazole rings is 1. The number of thioether (sulfide) groups is 2. The molecule has 1 aromatic rings. The van der Waals surface area contributed by atoms with Crippen LogP contribution in [0.1, 0.15) is 13.8 Å². The Morgan fingerprint density at radius 3 is 3.12 bits per heavy atom. The third kappa shape index (κ3) is 3.35. The van der Waals surface area contributed by atoms with Crippen LogP contribution in [0.4, 0.5) is 5.95 Å². The standard InChI is InChI=1S/C11H19N3S2/c1-9(2)13-11-12-3-4-14(11)7-10-8-15-5-6-16-10/h3-4,9-10H,5-8H2,1-2H3,(H,12,13). The van der Waals surface area contributed by atoms with Crippen LogP contribution in [0.15, 0.2) is 12.4 Å². The molecule has 2 rings (SSSR count). The molecule has 1 saturated heterocycles. The van der Waals surface area contributed by atoms with Gasteiger partial charge in [-0.2, -0.15) is 23.5 Å². The topological polar surface area (TPSA) is 29.9 Å². The number of rotatable bonds is 4. The van der Waals surface area contributed by atoms with Gasteiger partial charge in [-0.1, -0.05) is 0 Å². The third-order valence-corrected chi connectivity index (χ3v) is 5.25. The largest absolute Gasteiger partial charge is 0.353 e. The van der Waals surface area contributed by atoms with Gasteiger partial charge in [0.05, 0.1) is 0 Å². The highest BCUT2D eigenvalue weighted by molar-refractivity contribution is 8.06. The maximum atomic E-state index is 4.36. The average molecular weight is 257 g/mol. The Bertz CT molecular complexity index is 319. The van der Waals surface area contributed by atoms with E-state index in [9.17, 15) is 0 Å². The van der Waals surface area contributed by atoms with E-state index in [1.165, 1.54) is 17.3 Å². The van der Waals surface area contributed by atoms with Gasteiger partial charge in [0.25, 0.3) is 0 Å². The molecule has 3 nitrogen and oxygen atoms in total. The quantitative estimate of drug-likeness (QED) is 0.898. The molecule has 90 valence electrons. The summed E-state index contributed by atoms with van der Waals surface area (Å²) in [5.41, 5.74) is 0. The van der Waals surface area contributed by atoms with E-state index in [1.54, 1.807) is 0 Å². The van der Waals surface area contributed by atoms with Crippen LogP contribution in [-0.4, -0.2) is 38.1 Å². The summed E-state index contributed by atoms with van der Waals surface area (Å²) >= 11 is 4.16. The molecule has 1 aliphatic rings. The maximum Gasteiger partial charge on any atom is 0.203 e. The zero-order chi connectivity index (χ0) is 11.4. The smallest absolute Gasteiger partial charge is 0.203 e. The third-order valence-electron chi connectivity index (χ3n) is 2.42. The van der Waals surface area contributed by atoms with Crippen molar-refractivity contribution in [3.8, 4) is 0 Å². The summed E-state index contributed by atoms with van der Waals surface area (Å²) in [7, 11) is 0. The first-order valence-electron chi connectivity index (χ1n) is 5.72. The summed E-state index contributed by atoms with van der Waals surface area (Å²) in [6, 6.07) is 0.439. The number of hydrogen-bond donors (Lipinski definition) is 1. The second-order valence-electron chi connectivity index (χ2n) is 4.27. The molecule has 0 radical (unpaired) electrons. The van der Waals surface area contributed by atoms with Crippen LogP contribution in [0, 0.1) is 0 Å². The SMILES string of the molecule is CC(C)Nc1nccn1CC1CSCCS1. The van der Waals surface area contributed by atoms with Gasteiger partial charge in [-0.25, -0.2) is 4.98 Å². The molecule has 1 N–H and O–H groups in total. The second-order valence-corrected chi connectivity index (χ2v) is 6.83. The highest BCUT2D eigenvalue weighted by Crippen LogP contribution is 2.26. The highest BCUT2D eigenvalue weighted by atomic mass is 32.2. The first-order valence-corrected chi connectivity index (χ1v) is 7.93. The number of nitrogens with one attached hydrogen (secondary N) is 1. The summed E-state index contributed by atoms with van der Waals surface area (Å²) < 4.78 is 2.24. The predicted octanol–water partition coefficient (Wildman–Crippen LogP) is 2.55. The Balaban J connectivity index is 1.94.